The van der Waals surface area contributed by atoms with Crippen molar-refractivity contribution in [3.63, 3.8) is 0 Å². The Bertz CT molecular complexity index is 295. The van der Waals surface area contributed by atoms with Crippen molar-refractivity contribution in [2.24, 2.45) is 0 Å². The number of hydrogen-bond acceptors (Lipinski definition) is 3. The highest BCUT2D eigenvalue weighted by Crippen LogP contribution is 2.03. The summed E-state index contributed by atoms with van der Waals surface area (Å²) in [5.74, 6) is 0.823. The third-order valence-corrected chi connectivity index (χ3v) is 2.45. The number of amides is 1. The van der Waals surface area contributed by atoms with Crippen LogP contribution in [0.4, 0.5) is 0 Å². The van der Waals surface area contributed by atoms with E-state index in [-0.39, 0.29) is 12.0 Å². The smallest absolute Gasteiger partial charge is 0.220 e. The third-order valence-electron chi connectivity index (χ3n) is 2.45. The van der Waals surface area contributed by atoms with E-state index in [0.717, 1.165) is 12.2 Å². The Morgan fingerprint density at radius 3 is 3.06 bits per heavy atom. The summed E-state index contributed by atoms with van der Waals surface area (Å²) in [7, 11) is 0. The Morgan fingerprint density at radius 1 is 1.62 bits per heavy atom. The lowest BCUT2D eigenvalue weighted by atomic mass is 10.2. The van der Waals surface area contributed by atoms with Crippen LogP contribution in [0.2, 0.25) is 0 Å². The lowest BCUT2D eigenvalue weighted by molar-refractivity contribution is -0.121. The molecule has 1 heterocycles. The van der Waals surface area contributed by atoms with E-state index in [1.165, 1.54) is 0 Å². The van der Waals surface area contributed by atoms with Gasteiger partial charge in [-0.3, -0.25) is 4.79 Å². The zero-order valence-corrected chi connectivity index (χ0v) is 9.61. The van der Waals surface area contributed by atoms with Crippen molar-refractivity contribution in [3.8, 4) is 0 Å². The first-order valence-electron chi connectivity index (χ1n) is 5.69. The number of carbonyl (C=O) groups is 1. The summed E-state index contributed by atoms with van der Waals surface area (Å²) in [4.78, 5) is 11.4. The first-order chi connectivity index (χ1) is 7.72. The van der Waals surface area contributed by atoms with Crippen molar-refractivity contribution >= 4 is 5.91 Å². The molecule has 4 nitrogen and oxygen atoms in total. The third kappa shape index (κ3) is 4.98. The fourth-order valence-electron chi connectivity index (χ4n) is 1.36. The molecule has 1 unspecified atom stereocenters. The van der Waals surface area contributed by atoms with E-state index < -0.39 is 0 Å². The van der Waals surface area contributed by atoms with Gasteiger partial charge in [0.05, 0.1) is 12.4 Å². The summed E-state index contributed by atoms with van der Waals surface area (Å²) < 4.78 is 5.12. The minimum atomic E-state index is -0.314. The molecule has 90 valence electrons. The summed E-state index contributed by atoms with van der Waals surface area (Å²) in [5.41, 5.74) is 0. The predicted molar refractivity (Wildman–Crippen MR) is 61.0 cm³/mol. The molecule has 0 aliphatic heterocycles. The van der Waals surface area contributed by atoms with Crippen LogP contribution >= 0.6 is 0 Å². The molecule has 0 bridgehead atoms. The monoisotopic (exact) mass is 225 g/mol. The van der Waals surface area contributed by atoms with Gasteiger partial charge in [0, 0.05) is 19.4 Å². The Hall–Kier alpha value is -1.29. The second-order valence-electron chi connectivity index (χ2n) is 3.78. The first-order valence-corrected chi connectivity index (χ1v) is 5.69. The highest BCUT2D eigenvalue weighted by Gasteiger charge is 2.05. The predicted octanol–water partition coefficient (Wildman–Crippen LogP) is 1.49. The summed E-state index contributed by atoms with van der Waals surface area (Å²) in [6.45, 7) is 2.45. The van der Waals surface area contributed by atoms with E-state index in [4.69, 9.17) is 4.42 Å². The molecule has 2 N–H and O–H groups in total. The van der Waals surface area contributed by atoms with E-state index in [1.807, 2.05) is 19.1 Å². The number of aliphatic hydroxyl groups excluding tert-OH is 1. The fraction of sp³-hybridized carbons (Fsp3) is 0.583. The molecule has 0 aromatic carbocycles. The molecular formula is C12H19NO3. The van der Waals surface area contributed by atoms with Crippen LogP contribution in [-0.2, 0) is 11.2 Å². The SMILES string of the molecule is CCC(O)CCNC(=O)CCc1ccco1. The first kappa shape index (κ1) is 12.8. The molecule has 4 heteroatoms. The zero-order valence-electron chi connectivity index (χ0n) is 9.61. The average molecular weight is 225 g/mol. The topological polar surface area (TPSA) is 62.5 Å². The fourth-order valence-corrected chi connectivity index (χ4v) is 1.36. The average Bonchev–Trinajstić information content (AvgIpc) is 2.79. The number of hydrogen-bond donors (Lipinski definition) is 2. The Kier molecular flexibility index (Phi) is 5.64. The van der Waals surface area contributed by atoms with Gasteiger partial charge in [0.15, 0.2) is 0 Å². The van der Waals surface area contributed by atoms with Crippen molar-refractivity contribution in [2.45, 2.75) is 38.7 Å². The van der Waals surface area contributed by atoms with Gasteiger partial charge in [-0.05, 0) is 25.0 Å². The van der Waals surface area contributed by atoms with Gasteiger partial charge in [-0.15, -0.1) is 0 Å². The second kappa shape index (κ2) is 7.06. The molecule has 1 aromatic rings. The van der Waals surface area contributed by atoms with Crippen LogP contribution in [0.1, 0.15) is 31.9 Å². The molecular weight excluding hydrogens is 206 g/mol. The van der Waals surface area contributed by atoms with E-state index in [0.29, 0.717) is 25.8 Å². The Labute approximate surface area is 95.7 Å². The number of nitrogens with one attached hydrogen (secondary N) is 1. The van der Waals surface area contributed by atoms with Crippen molar-refractivity contribution in [2.75, 3.05) is 6.54 Å². The van der Waals surface area contributed by atoms with E-state index in [1.54, 1.807) is 6.26 Å². The Morgan fingerprint density at radius 2 is 2.44 bits per heavy atom. The van der Waals surface area contributed by atoms with Gasteiger partial charge in [-0.2, -0.15) is 0 Å². The molecule has 1 rings (SSSR count). The molecule has 16 heavy (non-hydrogen) atoms. The van der Waals surface area contributed by atoms with Crippen LogP contribution in [0, 0.1) is 0 Å². The molecule has 0 radical (unpaired) electrons. The van der Waals surface area contributed by atoms with Crippen molar-refractivity contribution < 1.29 is 14.3 Å². The minimum absolute atomic E-state index is 0.000275. The van der Waals surface area contributed by atoms with Gasteiger partial charge >= 0.3 is 0 Å². The van der Waals surface area contributed by atoms with Crippen LogP contribution in [-0.4, -0.2) is 23.7 Å². The zero-order chi connectivity index (χ0) is 11.8. The molecule has 1 atom stereocenters. The molecule has 1 amide bonds. The highest BCUT2D eigenvalue weighted by atomic mass is 16.3. The van der Waals surface area contributed by atoms with Crippen LogP contribution in [0.3, 0.4) is 0 Å². The number of aryl methyl sites for hydroxylation is 1. The second-order valence-corrected chi connectivity index (χ2v) is 3.78. The van der Waals surface area contributed by atoms with Crippen LogP contribution < -0.4 is 5.32 Å². The van der Waals surface area contributed by atoms with E-state index >= 15 is 0 Å². The van der Waals surface area contributed by atoms with Crippen LogP contribution in [0.5, 0.6) is 0 Å². The van der Waals surface area contributed by atoms with Gasteiger partial charge in [0.25, 0.3) is 0 Å². The van der Waals surface area contributed by atoms with Crippen LogP contribution in [0.15, 0.2) is 22.8 Å². The number of rotatable bonds is 7. The number of carbonyl (C=O) groups excluding carboxylic acids is 1. The number of aliphatic hydroxyl groups is 1. The van der Waals surface area contributed by atoms with E-state index in [2.05, 4.69) is 5.32 Å². The van der Waals surface area contributed by atoms with Crippen molar-refractivity contribution in [1.82, 2.24) is 5.32 Å². The molecule has 0 saturated carbocycles. The largest absolute Gasteiger partial charge is 0.469 e. The highest BCUT2D eigenvalue weighted by molar-refractivity contribution is 5.75. The maximum atomic E-state index is 11.4. The normalized spacial score (nSPS) is 12.4. The quantitative estimate of drug-likeness (QED) is 0.739. The molecule has 0 spiro atoms. The molecule has 0 aliphatic rings. The van der Waals surface area contributed by atoms with Gasteiger partial charge in [0.2, 0.25) is 5.91 Å². The molecule has 0 aliphatic carbocycles. The standard InChI is InChI=1S/C12H19NO3/c1-2-10(14)7-8-13-12(15)6-5-11-4-3-9-16-11/h3-4,9-10,14H,2,5-8H2,1H3,(H,13,15). The van der Waals surface area contributed by atoms with Crippen molar-refractivity contribution in [3.05, 3.63) is 24.2 Å². The van der Waals surface area contributed by atoms with E-state index in [9.17, 15) is 9.90 Å². The van der Waals surface area contributed by atoms with Gasteiger partial charge in [-0.1, -0.05) is 6.92 Å². The maximum absolute atomic E-state index is 11.4. The van der Waals surface area contributed by atoms with Crippen molar-refractivity contribution in [1.29, 1.82) is 0 Å². The number of furan rings is 1. The lowest BCUT2D eigenvalue weighted by Crippen LogP contribution is -2.27. The molecule has 0 fully saturated rings. The summed E-state index contributed by atoms with van der Waals surface area (Å²) in [5, 5.41) is 12.1. The summed E-state index contributed by atoms with van der Waals surface area (Å²) >= 11 is 0. The maximum Gasteiger partial charge on any atom is 0.220 e. The molecule has 1 aromatic heterocycles. The summed E-state index contributed by atoms with van der Waals surface area (Å²) in [6, 6.07) is 3.67. The Balaban J connectivity index is 2.07. The van der Waals surface area contributed by atoms with Gasteiger partial charge < -0.3 is 14.8 Å². The summed E-state index contributed by atoms with van der Waals surface area (Å²) in [6.07, 6.45) is 3.67. The van der Waals surface area contributed by atoms with Gasteiger partial charge in [0.1, 0.15) is 5.76 Å². The van der Waals surface area contributed by atoms with Crippen LogP contribution in [0.25, 0.3) is 0 Å². The lowest BCUT2D eigenvalue weighted by Gasteiger charge is -2.08. The molecule has 0 saturated heterocycles. The minimum Gasteiger partial charge on any atom is -0.469 e. The van der Waals surface area contributed by atoms with Gasteiger partial charge in [-0.25, -0.2) is 0 Å².